The Hall–Kier alpha value is -4.86. The number of benzene rings is 1. The molecule has 0 bridgehead atoms. The molecule has 1 aromatic carbocycles. The van der Waals surface area contributed by atoms with Crippen LogP contribution in [0.2, 0.25) is 5.02 Å². The minimum atomic E-state index is -1.18. The molecule has 1 saturated heterocycles. The van der Waals surface area contributed by atoms with Crippen LogP contribution in [0.5, 0.6) is 0 Å². The molecule has 2 aromatic heterocycles. The van der Waals surface area contributed by atoms with Gasteiger partial charge >= 0.3 is 6.09 Å². The summed E-state index contributed by atoms with van der Waals surface area (Å²) in [7, 11) is 0. The summed E-state index contributed by atoms with van der Waals surface area (Å²) in [5.41, 5.74) is 7.17. The second kappa shape index (κ2) is 11.9. The molecule has 4 rings (SSSR count). The lowest BCUT2D eigenvalue weighted by Gasteiger charge is -2.41. The number of nitrogens with two attached hydrogens (primary N) is 1. The molecule has 3 atom stereocenters. The third-order valence-corrected chi connectivity index (χ3v) is 6.80. The van der Waals surface area contributed by atoms with Crippen LogP contribution in [0.1, 0.15) is 31.5 Å². The number of primary amides is 1. The second-order valence-electron chi connectivity index (χ2n) is 9.09. The molecule has 208 valence electrons. The van der Waals surface area contributed by atoms with E-state index in [-0.39, 0.29) is 23.2 Å². The first-order chi connectivity index (χ1) is 19.1. The maximum atomic E-state index is 11.7. The van der Waals surface area contributed by atoms with Gasteiger partial charge in [0.05, 0.1) is 46.3 Å². The third kappa shape index (κ3) is 5.90. The van der Waals surface area contributed by atoms with E-state index in [0.29, 0.717) is 47.9 Å². The number of carboxylic acid groups (broad SMARTS) is 1. The predicted octanol–water partition coefficient (Wildman–Crippen LogP) is 1.37. The number of imidazole rings is 1. The molecule has 0 aliphatic carbocycles. The monoisotopic (exact) mass is 566 g/mol. The van der Waals surface area contributed by atoms with Gasteiger partial charge in [-0.15, -0.1) is 5.10 Å². The summed E-state index contributed by atoms with van der Waals surface area (Å²) in [4.78, 5) is 33.6. The van der Waals surface area contributed by atoms with Crippen molar-refractivity contribution >= 4 is 52.4 Å². The highest BCUT2D eigenvalue weighted by molar-refractivity contribution is 6.36. The fraction of sp³-hybridized carbons (Fsp3) is 0.375. The van der Waals surface area contributed by atoms with Crippen LogP contribution in [0.15, 0.2) is 18.3 Å². The number of nitriles is 2. The summed E-state index contributed by atoms with van der Waals surface area (Å²) in [5.74, 6) is -0.0617. The van der Waals surface area contributed by atoms with E-state index < -0.39 is 30.1 Å². The van der Waals surface area contributed by atoms with Gasteiger partial charge in [-0.2, -0.15) is 20.0 Å². The Morgan fingerprint density at radius 1 is 1.30 bits per heavy atom. The zero-order valence-electron chi connectivity index (χ0n) is 21.6. The van der Waals surface area contributed by atoms with Crippen molar-refractivity contribution in [3.8, 4) is 12.1 Å². The van der Waals surface area contributed by atoms with Crippen LogP contribution in [0.4, 0.5) is 27.9 Å². The van der Waals surface area contributed by atoms with Gasteiger partial charge in [-0.3, -0.25) is 10.1 Å². The molecule has 2 amide bonds. The van der Waals surface area contributed by atoms with E-state index in [2.05, 4.69) is 42.4 Å². The van der Waals surface area contributed by atoms with Crippen LogP contribution in [-0.4, -0.2) is 74.4 Å². The van der Waals surface area contributed by atoms with Crippen molar-refractivity contribution in [3.63, 3.8) is 0 Å². The van der Waals surface area contributed by atoms with Gasteiger partial charge < -0.3 is 31.7 Å². The summed E-state index contributed by atoms with van der Waals surface area (Å²) in [6.45, 7) is 4.72. The Kier molecular flexibility index (Phi) is 8.37. The minimum Gasteiger partial charge on any atom is -0.465 e. The average molecular weight is 567 g/mol. The molecule has 1 aliphatic heterocycles. The van der Waals surface area contributed by atoms with Gasteiger partial charge in [-0.05, 0) is 32.4 Å². The molecular formula is C24H27ClN12O3. The van der Waals surface area contributed by atoms with E-state index in [1.165, 1.54) is 10.7 Å². The fourth-order valence-corrected chi connectivity index (χ4v) is 4.76. The van der Waals surface area contributed by atoms with E-state index in [1.54, 1.807) is 19.1 Å². The smallest absolute Gasteiger partial charge is 0.404 e. The number of anilines is 4. The molecular weight excluding hydrogens is 540 g/mol. The maximum Gasteiger partial charge on any atom is 0.404 e. The van der Waals surface area contributed by atoms with Crippen LogP contribution in [-0.2, 0) is 4.79 Å². The molecule has 40 heavy (non-hydrogen) atoms. The van der Waals surface area contributed by atoms with Gasteiger partial charge in [0.1, 0.15) is 6.07 Å². The molecule has 1 unspecified atom stereocenters. The highest BCUT2D eigenvalue weighted by Gasteiger charge is 2.33. The zero-order valence-corrected chi connectivity index (χ0v) is 22.4. The van der Waals surface area contributed by atoms with Gasteiger partial charge in [-0.1, -0.05) is 11.6 Å². The molecule has 7 N–H and O–H groups in total. The highest BCUT2D eigenvalue weighted by atomic mass is 35.5. The van der Waals surface area contributed by atoms with E-state index in [4.69, 9.17) is 17.3 Å². The van der Waals surface area contributed by atoms with Gasteiger partial charge in [0.25, 0.3) is 0 Å². The van der Waals surface area contributed by atoms with Crippen LogP contribution in [0.3, 0.4) is 0 Å². The summed E-state index contributed by atoms with van der Waals surface area (Å²) >= 11 is 6.84. The molecule has 0 radical (unpaired) electrons. The van der Waals surface area contributed by atoms with Crippen molar-refractivity contribution in [1.82, 2.24) is 30.2 Å². The standard InChI is InChI=1S/C24H27ClN12O3/c1-3-29-21-22-30-10-14(9-27)37(22)35-23(34-21)32-16-6-13(8-26)7-18(19(16)25)36-5-4-15(33-24(39)40)17(11-36)31-12(2)20(28)38/h6-7,10,12,15,17,31,33H,3-5,11H2,1-2H3,(H2,28,38)(H,39,40)(H2,29,32,34,35)/t12?,15-,17+/m0/s1. The Morgan fingerprint density at radius 2 is 2.08 bits per heavy atom. The van der Waals surface area contributed by atoms with Gasteiger partial charge in [0.15, 0.2) is 17.2 Å². The Morgan fingerprint density at radius 3 is 2.73 bits per heavy atom. The largest absolute Gasteiger partial charge is 0.465 e. The molecule has 15 nitrogen and oxygen atoms in total. The second-order valence-corrected chi connectivity index (χ2v) is 9.46. The Balaban J connectivity index is 1.69. The average Bonchev–Trinajstić information content (AvgIpc) is 3.34. The Bertz CT molecular complexity index is 1530. The zero-order chi connectivity index (χ0) is 29.0. The number of carbonyl (C=O) groups is 2. The van der Waals surface area contributed by atoms with Crippen molar-refractivity contribution in [2.45, 2.75) is 38.4 Å². The van der Waals surface area contributed by atoms with Crippen molar-refractivity contribution in [1.29, 1.82) is 10.5 Å². The number of piperidine rings is 1. The third-order valence-electron chi connectivity index (χ3n) is 6.40. The quantitative estimate of drug-likeness (QED) is 0.216. The van der Waals surface area contributed by atoms with Gasteiger partial charge in [0.2, 0.25) is 11.9 Å². The van der Waals surface area contributed by atoms with Crippen molar-refractivity contribution in [3.05, 3.63) is 34.6 Å². The van der Waals surface area contributed by atoms with Gasteiger partial charge in [0, 0.05) is 25.7 Å². The number of amides is 2. The van der Waals surface area contributed by atoms with Crippen LogP contribution < -0.4 is 31.9 Å². The Labute approximate surface area is 233 Å². The number of nitrogens with one attached hydrogen (secondary N) is 4. The first-order valence-corrected chi connectivity index (χ1v) is 12.7. The number of hydrogen-bond donors (Lipinski definition) is 6. The van der Waals surface area contributed by atoms with Crippen molar-refractivity contribution < 1.29 is 14.7 Å². The summed E-state index contributed by atoms with van der Waals surface area (Å²) in [5, 5.41) is 44.9. The van der Waals surface area contributed by atoms with Crippen LogP contribution in [0, 0.1) is 22.7 Å². The number of hydrogen-bond acceptors (Lipinski definition) is 11. The lowest BCUT2D eigenvalue weighted by molar-refractivity contribution is -0.119. The first-order valence-electron chi connectivity index (χ1n) is 12.3. The molecule has 16 heteroatoms. The maximum absolute atomic E-state index is 11.7. The lowest BCUT2D eigenvalue weighted by Crippen LogP contribution is -2.62. The highest BCUT2D eigenvalue weighted by Crippen LogP contribution is 2.37. The number of rotatable bonds is 9. The van der Waals surface area contributed by atoms with E-state index >= 15 is 0 Å². The number of fused-ring (bicyclic) bond motifs is 1. The van der Waals surface area contributed by atoms with E-state index in [1.807, 2.05) is 17.9 Å². The first kappa shape index (κ1) is 28.2. The minimum absolute atomic E-state index is 0.111. The van der Waals surface area contributed by atoms with Crippen molar-refractivity contribution in [2.24, 2.45) is 5.73 Å². The lowest BCUT2D eigenvalue weighted by atomic mass is 9.97. The molecule has 1 fully saturated rings. The summed E-state index contributed by atoms with van der Waals surface area (Å²) in [6.07, 6.45) is 0.608. The van der Waals surface area contributed by atoms with Crippen molar-refractivity contribution in [2.75, 3.05) is 35.2 Å². The number of nitrogens with zero attached hydrogens (tertiary/aromatic N) is 7. The topological polar surface area (TPSA) is 222 Å². The fourth-order valence-electron chi connectivity index (χ4n) is 4.49. The van der Waals surface area contributed by atoms with Crippen LogP contribution >= 0.6 is 11.6 Å². The molecule has 3 aromatic rings. The molecule has 3 heterocycles. The molecule has 0 spiro atoms. The number of aromatic nitrogens is 4. The normalized spacial score (nSPS) is 17.5. The number of halogens is 1. The summed E-state index contributed by atoms with van der Waals surface area (Å²) in [6, 6.07) is 5.66. The predicted molar refractivity (Wildman–Crippen MR) is 146 cm³/mol. The number of carbonyl (C=O) groups excluding carboxylic acids is 1. The molecule has 0 saturated carbocycles. The van der Waals surface area contributed by atoms with Crippen LogP contribution in [0.25, 0.3) is 5.65 Å². The van der Waals surface area contributed by atoms with Gasteiger partial charge in [-0.25, -0.2) is 9.78 Å². The van der Waals surface area contributed by atoms with E-state index in [9.17, 15) is 25.2 Å². The summed E-state index contributed by atoms with van der Waals surface area (Å²) < 4.78 is 1.35. The SMILES string of the molecule is CCNc1nc(Nc2cc(C#N)cc(N3CC[C@H](NC(=O)O)[C@H](NC(C)C(N)=O)C3)c2Cl)nn2c(C#N)cnc12. The molecule has 1 aliphatic rings. The van der Waals surface area contributed by atoms with E-state index in [0.717, 1.165) is 0 Å².